The van der Waals surface area contributed by atoms with Crippen LogP contribution in [0.25, 0.3) is 16.8 Å². The normalized spacial score (nSPS) is 10.8. The molecule has 2 aromatic heterocycles. The number of benzene rings is 2. The molecule has 4 rings (SSSR count). The Morgan fingerprint density at radius 3 is 2.64 bits per heavy atom. The van der Waals surface area contributed by atoms with Crippen LogP contribution in [-0.2, 0) is 11.3 Å². The van der Waals surface area contributed by atoms with Crippen molar-refractivity contribution in [1.29, 1.82) is 0 Å². The summed E-state index contributed by atoms with van der Waals surface area (Å²) in [6, 6.07) is 16.9. The van der Waals surface area contributed by atoms with Crippen molar-refractivity contribution in [2.24, 2.45) is 0 Å². The lowest BCUT2D eigenvalue weighted by Gasteiger charge is -2.08. The summed E-state index contributed by atoms with van der Waals surface area (Å²) in [5, 5.41) is 2.72. The topological polar surface area (TPSA) is 94.5 Å². The van der Waals surface area contributed by atoms with Crippen LogP contribution in [0.15, 0.2) is 67.0 Å². The first kappa shape index (κ1) is 17.5. The third kappa shape index (κ3) is 3.50. The minimum Gasteiger partial charge on any atom is -0.444 e. The molecule has 1 amide bonds. The van der Waals surface area contributed by atoms with E-state index in [0.717, 1.165) is 28.2 Å². The fraction of sp³-hybridized carbons (Fsp3) is 0.0952. The second-order valence-corrected chi connectivity index (χ2v) is 6.30. The predicted octanol–water partition coefficient (Wildman–Crippen LogP) is 4.04. The molecule has 0 aliphatic carbocycles. The lowest BCUT2D eigenvalue weighted by Crippen LogP contribution is -2.13. The molecule has 3 N–H and O–H groups in total. The van der Waals surface area contributed by atoms with Gasteiger partial charge in [0.1, 0.15) is 29.5 Å². The highest BCUT2D eigenvalue weighted by Gasteiger charge is 2.14. The SMILES string of the molecule is Cc1nc(-c2ccc(NC(=O)OCc3ccccc3)cc2)c2c(N)nccn12. The number of hydrogen-bond donors (Lipinski definition) is 2. The number of fused-ring (bicyclic) bond motifs is 1. The Kier molecular flexibility index (Phi) is 4.63. The van der Waals surface area contributed by atoms with E-state index >= 15 is 0 Å². The monoisotopic (exact) mass is 373 g/mol. The van der Waals surface area contributed by atoms with E-state index in [-0.39, 0.29) is 6.61 Å². The van der Waals surface area contributed by atoms with Gasteiger partial charge in [0.15, 0.2) is 0 Å². The molecule has 4 aromatic rings. The molecule has 0 aliphatic heterocycles. The Morgan fingerprint density at radius 2 is 1.89 bits per heavy atom. The average Bonchev–Trinajstić information content (AvgIpc) is 3.06. The van der Waals surface area contributed by atoms with Crippen molar-refractivity contribution in [3.63, 3.8) is 0 Å². The lowest BCUT2D eigenvalue weighted by atomic mass is 10.1. The van der Waals surface area contributed by atoms with E-state index in [1.54, 1.807) is 18.3 Å². The Labute approximate surface area is 161 Å². The van der Waals surface area contributed by atoms with Crippen LogP contribution >= 0.6 is 0 Å². The van der Waals surface area contributed by atoms with Crippen LogP contribution in [0.4, 0.5) is 16.3 Å². The minimum atomic E-state index is -0.506. The van der Waals surface area contributed by atoms with Crippen LogP contribution in [0.2, 0.25) is 0 Å². The van der Waals surface area contributed by atoms with E-state index < -0.39 is 6.09 Å². The van der Waals surface area contributed by atoms with Gasteiger partial charge in [-0.15, -0.1) is 0 Å². The highest BCUT2D eigenvalue weighted by atomic mass is 16.5. The quantitative estimate of drug-likeness (QED) is 0.563. The molecule has 0 radical (unpaired) electrons. The first-order valence-electron chi connectivity index (χ1n) is 8.79. The van der Waals surface area contributed by atoms with Gasteiger partial charge in [0.2, 0.25) is 0 Å². The summed E-state index contributed by atoms with van der Waals surface area (Å²) in [5.74, 6) is 1.25. The van der Waals surface area contributed by atoms with Gasteiger partial charge in [0.25, 0.3) is 0 Å². The number of nitrogens with two attached hydrogens (primary N) is 1. The molecular weight excluding hydrogens is 354 g/mol. The number of aryl methyl sites for hydroxylation is 1. The number of amides is 1. The first-order chi connectivity index (χ1) is 13.6. The average molecular weight is 373 g/mol. The Balaban J connectivity index is 1.48. The summed E-state index contributed by atoms with van der Waals surface area (Å²) in [7, 11) is 0. The summed E-state index contributed by atoms with van der Waals surface area (Å²) < 4.78 is 7.14. The van der Waals surface area contributed by atoms with Crippen molar-refractivity contribution in [2.75, 3.05) is 11.1 Å². The van der Waals surface area contributed by atoms with Crippen LogP contribution in [0.5, 0.6) is 0 Å². The lowest BCUT2D eigenvalue weighted by molar-refractivity contribution is 0.155. The smallest absolute Gasteiger partial charge is 0.411 e. The summed E-state index contributed by atoms with van der Waals surface area (Å²) in [4.78, 5) is 20.7. The van der Waals surface area contributed by atoms with Gasteiger partial charge in [-0.2, -0.15) is 0 Å². The highest BCUT2D eigenvalue weighted by Crippen LogP contribution is 2.28. The molecule has 0 saturated carbocycles. The standard InChI is InChI=1S/C21H19N5O2/c1-14-24-18(19-20(22)23-11-12-26(14)19)16-7-9-17(10-8-16)25-21(27)28-13-15-5-3-2-4-6-15/h2-12H,13H2,1H3,(H2,22,23)(H,25,27). The Bertz CT molecular complexity index is 1120. The number of nitrogens with one attached hydrogen (secondary N) is 1. The van der Waals surface area contributed by atoms with Gasteiger partial charge in [0, 0.05) is 23.6 Å². The molecule has 2 heterocycles. The summed E-state index contributed by atoms with van der Waals surface area (Å²) >= 11 is 0. The molecule has 2 aromatic carbocycles. The number of rotatable bonds is 4. The van der Waals surface area contributed by atoms with Gasteiger partial charge in [-0.05, 0) is 24.6 Å². The number of nitrogen functional groups attached to an aromatic ring is 1. The number of carbonyl (C=O) groups excluding carboxylic acids is 1. The summed E-state index contributed by atoms with van der Waals surface area (Å²) in [6.07, 6.45) is 2.97. The fourth-order valence-corrected chi connectivity index (χ4v) is 3.00. The molecular formula is C21H19N5O2. The zero-order chi connectivity index (χ0) is 19.5. The van der Waals surface area contributed by atoms with Crippen LogP contribution in [-0.4, -0.2) is 20.5 Å². The van der Waals surface area contributed by atoms with Gasteiger partial charge in [0.05, 0.1) is 0 Å². The number of anilines is 2. The molecule has 0 bridgehead atoms. The zero-order valence-corrected chi connectivity index (χ0v) is 15.3. The molecule has 28 heavy (non-hydrogen) atoms. The van der Waals surface area contributed by atoms with Crippen LogP contribution in [0, 0.1) is 6.92 Å². The molecule has 7 heteroatoms. The zero-order valence-electron chi connectivity index (χ0n) is 15.3. The van der Waals surface area contributed by atoms with Gasteiger partial charge in [-0.1, -0.05) is 42.5 Å². The maximum Gasteiger partial charge on any atom is 0.411 e. The van der Waals surface area contributed by atoms with E-state index in [2.05, 4.69) is 15.3 Å². The minimum absolute atomic E-state index is 0.219. The van der Waals surface area contributed by atoms with Crippen molar-refractivity contribution in [1.82, 2.24) is 14.4 Å². The summed E-state index contributed by atoms with van der Waals surface area (Å²) in [6.45, 7) is 2.13. The number of imidazole rings is 1. The molecule has 140 valence electrons. The maximum atomic E-state index is 12.0. The number of aromatic nitrogens is 3. The van der Waals surface area contributed by atoms with Gasteiger partial charge in [-0.25, -0.2) is 14.8 Å². The van der Waals surface area contributed by atoms with Gasteiger partial charge >= 0.3 is 6.09 Å². The third-order valence-corrected chi connectivity index (χ3v) is 4.38. The molecule has 0 fully saturated rings. The second-order valence-electron chi connectivity index (χ2n) is 6.30. The largest absolute Gasteiger partial charge is 0.444 e. The van der Waals surface area contributed by atoms with E-state index in [1.165, 1.54) is 0 Å². The molecule has 0 spiro atoms. The fourth-order valence-electron chi connectivity index (χ4n) is 3.00. The van der Waals surface area contributed by atoms with Crippen molar-refractivity contribution in [3.05, 3.63) is 78.4 Å². The molecule has 0 unspecified atom stereocenters. The van der Waals surface area contributed by atoms with Crippen molar-refractivity contribution in [3.8, 4) is 11.3 Å². The van der Waals surface area contributed by atoms with Crippen LogP contribution in [0.3, 0.4) is 0 Å². The van der Waals surface area contributed by atoms with E-state index in [4.69, 9.17) is 10.5 Å². The highest BCUT2D eigenvalue weighted by molar-refractivity contribution is 5.88. The van der Waals surface area contributed by atoms with E-state index in [0.29, 0.717) is 11.5 Å². The Hall–Kier alpha value is -3.87. The molecule has 7 nitrogen and oxygen atoms in total. The summed E-state index contributed by atoms with van der Waals surface area (Å²) in [5.41, 5.74) is 10.0. The second kappa shape index (κ2) is 7.40. The van der Waals surface area contributed by atoms with Crippen LogP contribution in [0.1, 0.15) is 11.4 Å². The molecule has 0 atom stereocenters. The third-order valence-electron chi connectivity index (χ3n) is 4.38. The van der Waals surface area contributed by atoms with E-state index in [1.807, 2.05) is 60.0 Å². The van der Waals surface area contributed by atoms with Gasteiger partial charge < -0.3 is 10.5 Å². The van der Waals surface area contributed by atoms with E-state index in [9.17, 15) is 4.79 Å². The van der Waals surface area contributed by atoms with Crippen molar-refractivity contribution in [2.45, 2.75) is 13.5 Å². The molecule has 0 aliphatic rings. The molecule has 0 saturated heterocycles. The number of carbonyl (C=O) groups is 1. The first-order valence-corrected chi connectivity index (χ1v) is 8.79. The number of nitrogens with zero attached hydrogens (tertiary/aromatic N) is 3. The predicted molar refractivity (Wildman–Crippen MR) is 108 cm³/mol. The van der Waals surface area contributed by atoms with Gasteiger partial charge in [-0.3, -0.25) is 9.72 Å². The van der Waals surface area contributed by atoms with Crippen molar-refractivity contribution < 1.29 is 9.53 Å². The Morgan fingerprint density at radius 1 is 1.14 bits per heavy atom. The van der Waals surface area contributed by atoms with Crippen LogP contribution < -0.4 is 11.1 Å². The number of hydrogen-bond acceptors (Lipinski definition) is 5. The number of ether oxygens (including phenoxy) is 1. The maximum absolute atomic E-state index is 12.0. The van der Waals surface area contributed by atoms with Crippen molar-refractivity contribution >= 4 is 23.1 Å².